The van der Waals surface area contributed by atoms with Crippen LogP contribution in [0.1, 0.15) is 5.56 Å². The van der Waals surface area contributed by atoms with Crippen molar-refractivity contribution in [2.75, 3.05) is 26.2 Å². The zero-order chi connectivity index (χ0) is 12.3. The van der Waals surface area contributed by atoms with Crippen molar-refractivity contribution in [3.63, 3.8) is 0 Å². The summed E-state index contributed by atoms with van der Waals surface area (Å²) in [5.41, 5.74) is 1.15. The highest BCUT2D eigenvalue weighted by Crippen LogP contribution is 2.23. The average Bonchev–Trinajstić information content (AvgIpc) is 2.35. The van der Waals surface area contributed by atoms with Gasteiger partial charge in [-0.05, 0) is 17.7 Å². The van der Waals surface area contributed by atoms with Crippen molar-refractivity contribution >= 4 is 29.6 Å². The van der Waals surface area contributed by atoms with Gasteiger partial charge in [0.05, 0.1) is 10.0 Å². The zero-order valence-corrected chi connectivity index (χ0v) is 10.9. The molecule has 0 atom stereocenters. The molecule has 17 heavy (non-hydrogen) atoms. The molecule has 0 radical (unpaired) electrons. The molecule has 1 amide bonds. The van der Waals surface area contributed by atoms with Crippen molar-refractivity contribution in [2.45, 2.75) is 6.54 Å². The molecule has 0 aromatic heterocycles. The van der Waals surface area contributed by atoms with E-state index in [1.165, 1.54) is 0 Å². The number of amides is 1. The first-order valence-electron chi connectivity index (χ1n) is 5.54. The van der Waals surface area contributed by atoms with Crippen molar-refractivity contribution in [1.82, 2.24) is 9.80 Å². The number of carbonyl (C=O) groups is 1. The molecule has 1 aliphatic rings. The van der Waals surface area contributed by atoms with Gasteiger partial charge in [0.25, 0.3) is 0 Å². The van der Waals surface area contributed by atoms with Crippen molar-refractivity contribution in [3.05, 3.63) is 33.8 Å². The second-order valence-electron chi connectivity index (χ2n) is 4.17. The summed E-state index contributed by atoms with van der Waals surface area (Å²) in [5, 5.41) is 1.18. The highest BCUT2D eigenvalue weighted by atomic mass is 35.5. The fourth-order valence-electron chi connectivity index (χ4n) is 1.92. The van der Waals surface area contributed by atoms with Crippen LogP contribution < -0.4 is 0 Å². The second-order valence-corrected chi connectivity index (χ2v) is 4.98. The van der Waals surface area contributed by atoms with Crippen molar-refractivity contribution in [1.29, 1.82) is 0 Å². The van der Waals surface area contributed by atoms with Gasteiger partial charge < -0.3 is 4.90 Å². The lowest BCUT2D eigenvalue weighted by atomic mass is 10.2. The van der Waals surface area contributed by atoms with E-state index >= 15 is 0 Å². The summed E-state index contributed by atoms with van der Waals surface area (Å²) < 4.78 is 0. The Hall–Kier alpha value is -0.770. The van der Waals surface area contributed by atoms with Gasteiger partial charge in [0.1, 0.15) is 0 Å². The molecular formula is C12H14Cl2N2O. The number of nitrogens with zero attached hydrogens (tertiary/aromatic N) is 2. The largest absolute Gasteiger partial charge is 0.343 e. The fourth-order valence-corrected chi connectivity index (χ4v) is 2.24. The number of halogens is 2. The Bertz CT molecular complexity index is 403. The van der Waals surface area contributed by atoms with Gasteiger partial charge in [-0.2, -0.15) is 0 Å². The van der Waals surface area contributed by atoms with Crippen molar-refractivity contribution in [2.24, 2.45) is 0 Å². The van der Waals surface area contributed by atoms with E-state index in [4.69, 9.17) is 23.2 Å². The zero-order valence-electron chi connectivity index (χ0n) is 9.40. The Morgan fingerprint density at radius 2 is 1.82 bits per heavy atom. The maximum atomic E-state index is 10.6. The summed E-state index contributed by atoms with van der Waals surface area (Å²) in [6.07, 6.45) is 0.913. The third-order valence-corrected chi connectivity index (χ3v) is 3.69. The van der Waals surface area contributed by atoms with E-state index in [1.54, 1.807) is 4.90 Å². The van der Waals surface area contributed by atoms with Crippen molar-refractivity contribution < 1.29 is 4.79 Å². The molecule has 5 heteroatoms. The van der Waals surface area contributed by atoms with Crippen LogP contribution in [0.5, 0.6) is 0 Å². The molecule has 1 aliphatic heterocycles. The van der Waals surface area contributed by atoms with Crippen molar-refractivity contribution in [3.8, 4) is 0 Å². The number of benzene rings is 1. The Kier molecular flexibility index (Phi) is 4.26. The lowest BCUT2D eigenvalue weighted by Crippen LogP contribution is -2.45. The molecule has 3 nitrogen and oxygen atoms in total. The summed E-state index contributed by atoms with van der Waals surface area (Å²) in [6.45, 7) is 4.25. The molecule has 1 heterocycles. The fraction of sp³-hybridized carbons (Fsp3) is 0.417. The van der Waals surface area contributed by atoms with Crippen LogP contribution >= 0.6 is 23.2 Å². The van der Waals surface area contributed by atoms with Crippen LogP contribution in [-0.4, -0.2) is 42.4 Å². The minimum Gasteiger partial charge on any atom is -0.343 e. The van der Waals surface area contributed by atoms with Gasteiger partial charge in [-0.3, -0.25) is 9.69 Å². The van der Waals surface area contributed by atoms with E-state index < -0.39 is 0 Å². The standard InChI is InChI=1S/C12H14Cl2N2O/c13-11-2-1-10(7-12(11)14)8-15-3-5-16(9-17)6-4-15/h1-2,7,9H,3-6,8H2. The minimum absolute atomic E-state index is 0.584. The van der Waals surface area contributed by atoms with Gasteiger partial charge in [-0.25, -0.2) is 0 Å². The topological polar surface area (TPSA) is 23.6 Å². The second kappa shape index (κ2) is 5.71. The first kappa shape index (κ1) is 12.7. The molecule has 2 rings (SSSR count). The maximum absolute atomic E-state index is 10.6. The third-order valence-electron chi connectivity index (χ3n) is 2.95. The Morgan fingerprint density at radius 3 is 2.41 bits per heavy atom. The lowest BCUT2D eigenvalue weighted by molar-refractivity contribution is -0.119. The first-order chi connectivity index (χ1) is 8.19. The quantitative estimate of drug-likeness (QED) is 0.789. The molecule has 0 aliphatic carbocycles. The van der Waals surface area contributed by atoms with Crippen LogP contribution in [0.3, 0.4) is 0 Å². The van der Waals surface area contributed by atoms with E-state index in [1.807, 2.05) is 18.2 Å². The highest BCUT2D eigenvalue weighted by Gasteiger charge is 2.15. The smallest absolute Gasteiger partial charge is 0.209 e. The number of hydrogen-bond donors (Lipinski definition) is 0. The minimum atomic E-state index is 0.584. The predicted molar refractivity (Wildman–Crippen MR) is 69.4 cm³/mol. The van der Waals surface area contributed by atoms with Gasteiger partial charge in [-0.1, -0.05) is 29.3 Å². The molecular weight excluding hydrogens is 259 g/mol. The number of rotatable bonds is 3. The first-order valence-corrected chi connectivity index (χ1v) is 6.30. The molecule has 0 saturated carbocycles. The summed E-state index contributed by atoms with van der Waals surface area (Å²) in [7, 11) is 0. The van der Waals surface area contributed by atoms with E-state index in [-0.39, 0.29) is 0 Å². The number of hydrogen-bond acceptors (Lipinski definition) is 2. The molecule has 0 spiro atoms. The van der Waals surface area contributed by atoms with Gasteiger partial charge in [-0.15, -0.1) is 0 Å². The van der Waals surface area contributed by atoms with Crippen LogP contribution in [0, 0.1) is 0 Å². The third kappa shape index (κ3) is 3.35. The van der Waals surface area contributed by atoms with E-state index in [0.717, 1.165) is 44.7 Å². The van der Waals surface area contributed by atoms with Crippen LogP contribution in [0.2, 0.25) is 10.0 Å². The van der Waals surface area contributed by atoms with Crippen LogP contribution in [-0.2, 0) is 11.3 Å². The Morgan fingerprint density at radius 1 is 1.12 bits per heavy atom. The summed E-state index contributed by atoms with van der Waals surface area (Å²) in [4.78, 5) is 14.7. The van der Waals surface area contributed by atoms with Gasteiger partial charge >= 0.3 is 0 Å². The predicted octanol–water partition coefficient (Wildman–Crippen LogP) is 2.27. The normalized spacial score (nSPS) is 17.2. The SMILES string of the molecule is O=CN1CCN(Cc2ccc(Cl)c(Cl)c2)CC1. The molecule has 1 fully saturated rings. The van der Waals surface area contributed by atoms with Crippen LogP contribution in [0.4, 0.5) is 0 Å². The molecule has 1 saturated heterocycles. The van der Waals surface area contributed by atoms with Gasteiger partial charge in [0.15, 0.2) is 0 Å². The summed E-state index contributed by atoms with van der Waals surface area (Å²) in [6, 6.07) is 5.71. The average molecular weight is 273 g/mol. The van der Waals surface area contributed by atoms with E-state index in [2.05, 4.69) is 4.90 Å². The van der Waals surface area contributed by atoms with Gasteiger partial charge in [0, 0.05) is 32.7 Å². The maximum Gasteiger partial charge on any atom is 0.209 e. The number of carbonyl (C=O) groups excluding carboxylic acids is 1. The monoisotopic (exact) mass is 272 g/mol. The van der Waals surface area contributed by atoms with Crippen LogP contribution in [0.25, 0.3) is 0 Å². The molecule has 1 aromatic carbocycles. The van der Waals surface area contributed by atoms with E-state index in [9.17, 15) is 4.79 Å². The Balaban J connectivity index is 1.93. The molecule has 92 valence electrons. The molecule has 0 N–H and O–H groups in total. The molecule has 1 aromatic rings. The summed E-state index contributed by atoms with van der Waals surface area (Å²) >= 11 is 11.8. The highest BCUT2D eigenvalue weighted by molar-refractivity contribution is 6.42. The summed E-state index contributed by atoms with van der Waals surface area (Å²) in [5.74, 6) is 0. The number of piperazine rings is 1. The lowest BCUT2D eigenvalue weighted by Gasteiger charge is -2.32. The van der Waals surface area contributed by atoms with E-state index in [0.29, 0.717) is 10.0 Å². The molecule has 0 unspecified atom stereocenters. The molecule has 0 bridgehead atoms. The Labute approximate surface area is 111 Å². The van der Waals surface area contributed by atoms with Crippen LogP contribution in [0.15, 0.2) is 18.2 Å². The van der Waals surface area contributed by atoms with Gasteiger partial charge in [0.2, 0.25) is 6.41 Å².